The number of ether oxygens (including phenoxy) is 2. The molecule has 29 heavy (non-hydrogen) atoms. The van der Waals surface area contributed by atoms with Crippen LogP contribution in [0.15, 0.2) is 24.3 Å². The number of morpholine rings is 1. The van der Waals surface area contributed by atoms with Crippen molar-refractivity contribution < 1.29 is 31.1 Å². The van der Waals surface area contributed by atoms with Crippen molar-refractivity contribution in [3.63, 3.8) is 0 Å². The van der Waals surface area contributed by atoms with E-state index in [2.05, 4.69) is 14.5 Å². The Labute approximate surface area is 168 Å². The molecule has 0 unspecified atom stereocenters. The first kappa shape index (κ1) is 20.9. The normalized spacial score (nSPS) is 26.1. The maximum absolute atomic E-state index is 12.3. The molecule has 3 saturated heterocycles. The molecule has 3 heterocycles. The lowest BCUT2D eigenvalue weighted by molar-refractivity contribution is -0.274. The zero-order chi connectivity index (χ0) is 20.9. The number of alkyl halides is 3. The van der Waals surface area contributed by atoms with Crippen LogP contribution in [0.1, 0.15) is 5.56 Å². The number of fused-ring (bicyclic) bond motifs is 2. The largest absolute Gasteiger partial charge is 0.573 e. The van der Waals surface area contributed by atoms with Crippen LogP contribution < -0.4 is 4.74 Å². The Morgan fingerprint density at radius 3 is 2.52 bits per heavy atom. The van der Waals surface area contributed by atoms with E-state index < -0.39 is 16.4 Å². The van der Waals surface area contributed by atoms with Crippen LogP contribution >= 0.6 is 0 Å². The number of rotatable bonds is 4. The summed E-state index contributed by atoms with van der Waals surface area (Å²) in [4.78, 5) is 4.56. The lowest BCUT2D eigenvalue weighted by atomic mass is 9.83. The molecular formula is C18H24F3N3O4S. The monoisotopic (exact) mass is 435 g/mol. The molecule has 11 heteroatoms. The summed E-state index contributed by atoms with van der Waals surface area (Å²) in [5.41, 5.74) is 0.637. The molecule has 0 saturated carbocycles. The average Bonchev–Trinajstić information content (AvgIpc) is 2.60. The second-order valence-electron chi connectivity index (χ2n) is 8.04. The van der Waals surface area contributed by atoms with E-state index in [0.29, 0.717) is 45.9 Å². The van der Waals surface area contributed by atoms with Crippen LogP contribution in [0.4, 0.5) is 13.2 Å². The quantitative estimate of drug-likeness (QED) is 0.707. The van der Waals surface area contributed by atoms with Gasteiger partial charge in [0.1, 0.15) is 5.75 Å². The molecule has 4 rings (SSSR count). The van der Waals surface area contributed by atoms with Crippen LogP contribution in [0, 0.1) is 0 Å². The van der Waals surface area contributed by atoms with E-state index in [4.69, 9.17) is 4.74 Å². The SMILES string of the molecule is CS(=O)(=O)N1C[C@@H]2COCCN2C2(CN(Cc3ccc(OC(F)(F)F)cc3)C2)C1. The minimum atomic E-state index is -4.70. The van der Waals surface area contributed by atoms with Crippen molar-refractivity contribution in [3.8, 4) is 5.75 Å². The number of nitrogens with zero attached hydrogens (tertiary/aromatic N) is 3. The molecule has 0 N–H and O–H groups in total. The highest BCUT2D eigenvalue weighted by Gasteiger charge is 2.55. The van der Waals surface area contributed by atoms with Crippen molar-refractivity contribution in [1.82, 2.24) is 14.1 Å². The van der Waals surface area contributed by atoms with E-state index in [9.17, 15) is 21.6 Å². The molecular weight excluding hydrogens is 411 g/mol. The van der Waals surface area contributed by atoms with E-state index >= 15 is 0 Å². The number of halogens is 3. The third-order valence-electron chi connectivity index (χ3n) is 5.79. The molecule has 162 valence electrons. The zero-order valence-corrected chi connectivity index (χ0v) is 16.9. The lowest BCUT2D eigenvalue weighted by Crippen LogP contribution is -2.80. The summed E-state index contributed by atoms with van der Waals surface area (Å²) in [7, 11) is -3.29. The fourth-order valence-corrected chi connectivity index (χ4v) is 5.55. The first-order valence-corrected chi connectivity index (χ1v) is 11.3. The molecule has 1 aromatic carbocycles. The first-order chi connectivity index (χ1) is 13.5. The van der Waals surface area contributed by atoms with Crippen molar-refractivity contribution >= 4 is 10.0 Å². The lowest BCUT2D eigenvalue weighted by Gasteiger charge is -2.63. The molecule has 3 fully saturated rings. The summed E-state index contributed by atoms with van der Waals surface area (Å²) in [6.45, 7) is 4.83. The third kappa shape index (κ3) is 4.53. The molecule has 3 aliphatic rings. The van der Waals surface area contributed by atoms with Gasteiger partial charge in [-0.2, -0.15) is 4.31 Å². The van der Waals surface area contributed by atoms with Gasteiger partial charge in [0.05, 0.1) is 25.0 Å². The van der Waals surface area contributed by atoms with Gasteiger partial charge >= 0.3 is 6.36 Å². The van der Waals surface area contributed by atoms with Gasteiger partial charge in [-0.3, -0.25) is 9.80 Å². The Bertz CT molecular complexity index is 841. The smallest absolute Gasteiger partial charge is 0.406 e. The van der Waals surface area contributed by atoms with Gasteiger partial charge in [-0.15, -0.1) is 13.2 Å². The minimum absolute atomic E-state index is 0.0492. The van der Waals surface area contributed by atoms with Gasteiger partial charge in [0.25, 0.3) is 0 Å². The van der Waals surface area contributed by atoms with E-state index in [-0.39, 0.29) is 17.3 Å². The number of likely N-dealkylation sites (tertiary alicyclic amines) is 1. The highest BCUT2D eigenvalue weighted by Crippen LogP contribution is 2.37. The van der Waals surface area contributed by atoms with Gasteiger partial charge in [0.2, 0.25) is 10.0 Å². The number of sulfonamides is 1. The van der Waals surface area contributed by atoms with Crippen LogP contribution in [-0.2, 0) is 21.3 Å². The van der Waals surface area contributed by atoms with Crippen LogP contribution in [0.5, 0.6) is 5.75 Å². The van der Waals surface area contributed by atoms with Gasteiger partial charge in [0.15, 0.2) is 0 Å². The molecule has 0 aliphatic carbocycles. The Balaban J connectivity index is 1.41. The number of benzene rings is 1. The summed E-state index contributed by atoms with van der Waals surface area (Å²) < 4.78 is 72.1. The second kappa shape index (κ2) is 7.38. The van der Waals surface area contributed by atoms with E-state index in [1.807, 2.05) is 0 Å². The second-order valence-corrected chi connectivity index (χ2v) is 10.0. The molecule has 1 atom stereocenters. The van der Waals surface area contributed by atoms with Crippen molar-refractivity contribution in [2.24, 2.45) is 0 Å². The Morgan fingerprint density at radius 1 is 1.21 bits per heavy atom. The zero-order valence-electron chi connectivity index (χ0n) is 16.1. The van der Waals surface area contributed by atoms with Gasteiger partial charge in [0, 0.05) is 45.3 Å². The molecule has 1 aromatic rings. The summed E-state index contributed by atoms with van der Waals surface area (Å²) in [6, 6.07) is 5.90. The van der Waals surface area contributed by atoms with Crippen molar-refractivity contribution in [1.29, 1.82) is 0 Å². The fraction of sp³-hybridized carbons (Fsp3) is 0.667. The summed E-state index contributed by atoms with van der Waals surface area (Å²) in [5, 5.41) is 0. The summed E-state index contributed by atoms with van der Waals surface area (Å²) >= 11 is 0. The van der Waals surface area contributed by atoms with Gasteiger partial charge < -0.3 is 9.47 Å². The van der Waals surface area contributed by atoms with Gasteiger partial charge in [-0.1, -0.05) is 12.1 Å². The van der Waals surface area contributed by atoms with Crippen LogP contribution in [0.2, 0.25) is 0 Å². The van der Waals surface area contributed by atoms with E-state index in [1.54, 1.807) is 16.4 Å². The predicted octanol–water partition coefficient (Wildman–Crippen LogP) is 1.12. The predicted molar refractivity (Wildman–Crippen MR) is 98.9 cm³/mol. The Morgan fingerprint density at radius 2 is 1.90 bits per heavy atom. The maximum Gasteiger partial charge on any atom is 0.573 e. The molecule has 0 bridgehead atoms. The highest BCUT2D eigenvalue weighted by molar-refractivity contribution is 7.88. The van der Waals surface area contributed by atoms with Crippen LogP contribution in [0.3, 0.4) is 0 Å². The van der Waals surface area contributed by atoms with Gasteiger partial charge in [-0.05, 0) is 17.7 Å². The minimum Gasteiger partial charge on any atom is -0.406 e. The van der Waals surface area contributed by atoms with E-state index in [1.165, 1.54) is 18.4 Å². The molecule has 1 spiro atoms. The number of hydrogen-bond acceptors (Lipinski definition) is 6. The first-order valence-electron chi connectivity index (χ1n) is 9.41. The molecule has 3 aliphatic heterocycles. The maximum atomic E-state index is 12.3. The molecule has 7 nitrogen and oxygen atoms in total. The topological polar surface area (TPSA) is 62.3 Å². The Hall–Kier alpha value is -1.40. The van der Waals surface area contributed by atoms with Crippen LogP contribution in [-0.4, -0.2) is 92.7 Å². The Kier molecular flexibility index (Phi) is 5.31. The molecule has 0 radical (unpaired) electrons. The standard InChI is InChI=1S/C18H24F3N3O4S/c1-29(25,26)23-9-15-10-27-7-6-24(15)17(13-23)11-22(12-17)8-14-2-4-16(5-3-14)28-18(19,20)21/h2-5,15H,6-13H2,1H3/t15-/m1/s1. The van der Waals surface area contributed by atoms with Crippen LogP contribution in [0.25, 0.3) is 0 Å². The number of piperazine rings is 1. The molecule has 0 aromatic heterocycles. The fourth-order valence-electron chi connectivity index (χ4n) is 4.64. The van der Waals surface area contributed by atoms with E-state index in [0.717, 1.165) is 12.1 Å². The van der Waals surface area contributed by atoms with Crippen molar-refractivity contribution in [3.05, 3.63) is 29.8 Å². The average molecular weight is 435 g/mol. The summed E-state index contributed by atoms with van der Waals surface area (Å²) in [5.74, 6) is -0.242. The van der Waals surface area contributed by atoms with Crippen molar-refractivity contribution in [2.75, 3.05) is 52.2 Å². The summed E-state index contributed by atoms with van der Waals surface area (Å²) in [6.07, 6.45) is -3.46. The third-order valence-corrected chi connectivity index (χ3v) is 7.01. The van der Waals surface area contributed by atoms with Crippen molar-refractivity contribution in [2.45, 2.75) is 24.5 Å². The molecule has 0 amide bonds. The number of hydrogen-bond donors (Lipinski definition) is 0. The highest BCUT2D eigenvalue weighted by atomic mass is 32.2. The van der Waals surface area contributed by atoms with Gasteiger partial charge in [-0.25, -0.2) is 8.42 Å².